The molecule has 3 rings (SSSR count). The van der Waals surface area contributed by atoms with E-state index < -0.39 is 0 Å². The number of nitrogens with zero attached hydrogens (tertiary/aromatic N) is 1. The largest absolute Gasteiger partial charge is 0.360 e. The highest BCUT2D eigenvalue weighted by Crippen LogP contribution is 2.20. The maximum absolute atomic E-state index is 12.5. The van der Waals surface area contributed by atoms with Gasteiger partial charge in [0.2, 0.25) is 0 Å². The minimum absolute atomic E-state index is 0.143. The zero-order valence-corrected chi connectivity index (χ0v) is 13.3. The Bertz CT molecular complexity index is 958. The molecule has 0 amide bonds. The fourth-order valence-electron chi connectivity index (χ4n) is 2.13. The number of para-hydroxylation sites is 2. The number of nitrogens with one attached hydrogen (secondary N) is 2. The fraction of sp³-hybridized carbons (Fsp3) is 0. The molecule has 1 aromatic heterocycles. The first kappa shape index (κ1) is 14.4. The number of hydrogen-bond acceptors (Lipinski definition) is 2. The van der Waals surface area contributed by atoms with Crippen molar-refractivity contribution >= 4 is 34.4 Å². The van der Waals surface area contributed by atoms with Gasteiger partial charge in [-0.25, -0.2) is 4.68 Å². The van der Waals surface area contributed by atoms with E-state index in [-0.39, 0.29) is 5.56 Å². The summed E-state index contributed by atoms with van der Waals surface area (Å²) in [5, 5.41) is 7.18. The van der Waals surface area contributed by atoms with Gasteiger partial charge in [0.05, 0.1) is 21.9 Å². The lowest BCUT2D eigenvalue weighted by Crippen LogP contribution is -2.34. The summed E-state index contributed by atoms with van der Waals surface area (Å²) in [5.74, 6) is 0. The molecule has 1 heterocycles. The van der Waals surface area contributed by atoms with Gasteiger partial charge < -0.3 is 5.32 Å². The molecular weight excluding hydrogens is 342 g/mol. The molecule has 3 aromatic rings. The number of halogens is 1. The van der Waals surface area contributed by atoms with Crippen LogP contribution < -0.4 is 21.4 Å². The van der Waals surface area contributed by atoms with Crippen LogP contribution in [0.2, 0.25) is 0 Å². The molecule has 0 aliphatic carbocycles. The molecule has 0 fully saturated rings. The van der Waals surface area contributed by atoms with Gasteiger partial charge in [-0.3, -0.25) is 9.89 Å². The zero-order chi connectivity index (χ0) is 15.5. The number of benzene rings is 2. The van der Waals surface area contributed by atoms with Crippen molar-refractivity contribution < 1.29 is 0 Å². The predicted molar refractivity (Wildman–Crippen MR) is 93.4 cm³/mol. The van der Waals surface area contributed by atoms with Gasteiger partial charge in [0.25, 0.3) is 5.56 Å². The van der Waals surface area contributed by atoms with Crippen molar-refractivity contribution in [3.05, 3.63) is 80.0 Å². The molecule has 5 heteroatoms. The minimum atomic E-state index is -0.143. The molecule has 0 atom stereocenters. The Hall–Kier alpha value is -2.53. The second kappa shape index (κ2) is 6.07. The van der Waals surface area contributed by atoms with Crippen molar-refractivity contribution in [2.45, 2.75) is 0 Å². The Kier molecular flexibility index (Phi) is 3.98. The highest BCUT2D eigenvalue weighted by molar-refractivity contribution is 9.10. The van der Waals surface area contributed by atoms with Crippen LogP contribution in [0.15, 0.2) is 63.9 Å². The highest BCUT2D eigenvalue weighted by Gasteiger charge is 2.04. The van der Waals surface area contributed by atoms with Crippen LogP contribution in [0.1, 0.15) is 0 Å². The summed E-state index contributed by atoms with van der Waals surface area (Å²) in [6, 6.07) is 17.1. The van der Waals surface area contributed by atoms with Crippen molar-refractivity contribution in [3.63, 3.8) is 0 Å². The Labute approximate surface area is 135 Å². The van der Waals surface area contributed by atoms with E-state index in [9.17, 15) is 4.79 Å². The molecule has 0 radical (unpaired) electrons. The second-order valence-corrected chi connectivity index (χ2v) is 5.60. The van der Waals surface area contributed by atoms with Crippen LogP contribution in [0.4, 0.5) is 5.69 Å². The van der Waals surface area contributed by atoms with Crippen LogP contribution in [0, 0.1) is 0 Å². The van der Waals surface area contributed by atoms with E-state index in [1.165, 1.54) is 4.68 Å². The van der Waals surface area contributed by atoms with Crippen LogP contribution in [-0.4, -0.2) is 9.78 Å². The normalized spacial score (nSPS) is 11.6. The molecule has 0 bridgehead atoms. The van der Waals surface area contributed by atoms with E-state index in [0.29, 0.717) is 10.6 Å². The number of hydrogen-bond donors (Lipinski definition) is 2. The molecule has 0 spiro atoms. The van der Waals surface area contributed by atoms with E-state index in [0.717, 1.165) is 15.8 Å². The Morgan fingerprint density at radius 3 is 2.50 bits per heavy atom. The molecular formula is C17H14BrN3O. The Morgan fingerprint density at radius 2 is 1.77 bits per heavy atom. The number of aromatic amines is 1. The standard InChI is InChI=1S/C17H14BrN3O/c1-12-14(11-19-16-10-6-5-9-15(16)18)17(22)21(20-12)13-7-3-2-4-8-13/h2-11,19-20H,1H2. The Balaban J connectivity index is 2.04. The summed E-state index contributed by atoms with van der Waals surface area (Å²) in [6.45, 7) is 3.90. The third kappa shape index (κ3) is 2.76. The minimum Gasteiger partial charge on any atom is -0.360 e. The smallest absolute Gasteiger partial charge is 0.280 e. The molecule has 0 aliphatic rings. The maximum atomic E-state index is 12.5. The molecule has 0 saturated heterocycles. The molecule has 4 nitrogen and oxygen atoms in total. The van der Waals surface area contributed by atoms with Crippen LogP contribution in [-0.2, 0) is 0 Å². The van der Waals surface area contributed by atoms with Gasteiger partial charge in [-0.15, -0.1) is 0 Å². The van der Waals surface area contributed by atoms with Gasteiger partial charge >= 0.3 is 0 Å². The van der Waals surface area contributed by atoms with Crippen molar-refractivity contribution in [2.24, 2.45) is 0 Å². The third-order valence-corrected chi connectivity index (χ3v) is 3.96. The number of rotatable bonds is 3. The van der Waals surface area contributed by atoms with Gasteiger partial charge in [-0.05, 0) is 40.2 Å². The first-order chi connectivity index (χ1) is 10.7. The van der Waals surface area contributed by atoms with Gasteiger partial charge in [0.1, 0.15) is 0 Å². The van der Waals surface area contributed by atoms with Crippen LogP contribution in [0.5, 0.6) is 0 Å². The summed E-state index contributed by atoms with van der Waals surface area (Å²) in [4.78, 5) is 12.5. The summed E-state index contributed by atoms with van der Waals surface area (Å²) >= 11 is 3.46. The zero-order valence-electron chi connectivity index (χ0n) is 11.7. The lowest BCUT2D eigenvalue weighted by molar-refractivity contribution is 0.838. The van der Waals surface area contributed by atoms with Gasteiger partial charge in [-0.2, -0.15) is 0 Å². The van der Waals surface area contributed by atoms with Crippen LogP contribution in [0.3, 0.4) is 0 Å². The molecule has 110 valence electrons. The van der Waals surface area contributed by atoms with E-state index in [4.69, 9.17) is 0 Å². The summed E-state index contributed by atoms with van der Waals surface area (Å²) in [5.41, 5.74) is 1.52. The fourth-order valence-corrected chi connectivity index (χ4v) is 2.53. The topological polar surface area (TPSA) is 49.8 Å². The van der Waals surface area contributed by atoms with Gasteiger partial charge in [0, 0.05) is 10.7 Å². The van der Waals surface area contributed by atoms with Gasteiger partial charge in [0.15, 0.2) is 0 Å². The monoisotopic (exact) mass is 355 g/mol. The van der Waals surface area contributed by atoms with Crippen LogP contribution in [0.25, 0.3) is 18.5 Å². The van der Waals surface area contributed by atoms with E-state index in [1.54, 1.807) is 6.20 Å². The first-order valence-electron chi connectivity index (χ1n) is 6.73. The van der Waals surface area contributed by atoms with E-state index in [1.807, 2.05) is 54.6 Å². The average Bonchev–Trinajstić information content (AvgIpc) is 2.82. The van der Waals surface area contributed by atoms with E-state index >= 15 is 0 Å². The first-order valence-corrected chi connectivity index (χ1v) is 7.53. The number of anilines is 1. The average molecular weight is 356 g/mol. The summed E-state index contributed by atoms with van der Waals surface area (Å²) < 4.78 is 2.41. The van der Waals surface area contributed by atoms with Crippen molar-refractivity contribution in [3.8, 4) is 5.69 Å². The molecule has 0 unspecified atom stereocenters. The second-order valence-electron chi connectivity index (χ2n) is 4.75. The quantitative estimate of drug-likeness (QED) is 0.756. The Morgan fingerprint density at radius 1 is 1.09 bits per heavy atom. The predicted octanol–water partition coefficient (Wildman–Crippen LogP) is 2.19. The van der Waals surface area contributed by atoms with Crippen LogP contribution >= 0.6 is 15.9 Å². The van der Waals surface area contributed by atoms with Crippen molar-refractivity contribution in [1.29, 1.82) is 0 Å². The van der Waals surface area contributed by atoms with Crippen molar-refractivity contribution in [1.82, 2.24) is 9.78 Å². The molecule has 0 saturated carbocycles. The highest BCUT2D eigenvalue weighted by atomic mass is 79.9. The van der Waals surface area contributed by atoms with Gasteiger partial charge in [-0.1, -0.05) is 36.9 Å². The summed E-state index contributed by atoms with van der Waals surface area (Å²) in [6.07, 6.45) is 1.67. The SMILES string of the molecule is C=c1[nH]n(-c2ccccc2)c(=O)c1=CNc1ccccc1Br. The number of aromatic nitrogens is 2. The van der Waals surface area contributed by atoms with E-state index in [2.05, 4.69) is 32.9 Å². The third-order valence-electron chi connectivity index (χ3n) is 3.27. The summed E-state index contributed by atoms with van der Waals surface area (Å²) in [7, 11) is 0. The molecule has 22 heavy (non-hydrogen) atoms. The molecule has 0 aliphatic heterocycles. The number of H-pyrrole nitrogens is 1. The molecule has 2 aromatic carbocycles. The molecule has 2 N–H and O–H groups in total. The van der Waals surface area contributed by atoms with Crippen molar-refractivity contribution in [2.75, 3.05) is 5.32 Å². The lowest BCUT2D eigenvalue weighted by atomic mass is 10.3. The maximum Gasteiger partial charge on any atom is 0.280 e. The lowest BCUT2D eigenvalue weighted by Gasteiger charge is -2.01.